The van der Waals surface area contributed by atoms with Crippen molar-refractivity contribution >= 4 is 21.6 Å². The minimum atomic E-state index is -3.89. The van der Waals surface area contributed by atoms with Crippen LogP contribution in [-0.4, -0.2) is 13.4 Å². The summed E-state index contributed by atoms with van der Waals surface area (Å²) < 4.78 is 46.1. The maximum absolute atomic E-state index is 14.0. The zero-order valence-corrected chi connectivity index (χ0v) is 16.8. The molecule has 4 aromatic rings. The van der Waals surface area contributed by atoms with Gasteiger partial charge in [-0.05, 0) is 35.9 Å². The molecule has 146 valence electrons. The Hall–Kier alpha value is -2.90. The van der Waals surface area contributed by atoms with Gasteiger partial charge in [0.25, 0.3) is 0 Å². The Morgan fingerprint density at radius 2 is 1.48 bits per heavy atom. The first kappa shape index (κ1) is 19.4. The summed E-state index contributed by atoms with van der Waals surface area (Å²) in [6.45, 7) is 0. The number of hydrogen-bond acceptors (Lipinski definition) is 5. The molecule has 29 heavy (non-hydrogen) atoms. The molecule has 0 N–H and O–H groups in total. The zero-order chi connectivity index (χ0) is 20.3. The van der Waals surface area contributed by atoms with E-state index in [1.807, 2.05) is 18.2 Å². The number of hydrogen-bond donors (Lipinski definition) is 0. The van der Waals surface area contributed by atoms with Crippen molar-refractivity contribution < 1.29 is 17.2 Å². The largest absolute Gasteiger partial charge is 0.428 e. The Kier molecular flexibility index (Phi) is 5.51. The van der Waals surface area contributed by atoms with Gasteiger partial charge in [-0.15, -0.1) is 0 Å². The smallest absolute Gasteiger partial charge is 0.228 e. The van der Waals surface area contributed by atoms with Crippen LogP contribution in [0.5, 0.6) is 0 Å². The molecule has 0 aliphatic rings. The Balaban J connectivity index is 1.76. The minimum Gasteiger partial charge on any atom is -0.428 e. The van der Waals surface area contributed by atoms with Crippen LogP contribution in [0.25, 0.3) is 11.5 Å². The molecule has 4 nitrogen and oxygen atoms in total. The van der Waals surface area contributed by atoms with E-state index in [1.54, 1.807) is 48.5 Å². The summed E-state index contributed by atoms with van der Waals surface area (Å²) in [4.78, 5) is 4.42. The first-order chi connectivity index (χ1) is 14.1. The summed E-state index contributed by atoms with van der Waals surface area (Å²) >= 11 is 1.10. The fourth-order valence-corrected chi connectivity index (χ4v) is 5.26. The summed E-state index contributed by atoms with van der Waals surface area (Å²) in [5.41, 5.74) is 1.12. The molecule has 0 radical (unpaired) electrons. The van der Waals surface area contributed by atoms with Crippen LogP contribution in [-0.2, 0) is 15.6 Å². The summed E-state index contributed by atoms with van der Waals surface area (Å²) in [6, 6.07) is 23.5. The fraction of sp³-hybridized carbons (Fsp3) is 0.0455. The highest BCUT2D eigenvalue weighted by Gasteiger charge is 2.28. The molecule has 0 saturated carbocycles. The highest BCUT2D eigenvalue weighted by atomic mass is 32.2. The van der Waals surface area contributed by atoms with Gasteiger partial charge in [0, 0.05) is 11.3 Å². The monoisotopic (exact) mass is 425 g/mol. The van der Waals surface area contributed by atoms with Crippen LogP contribution in [0.2, 0.25) is 0 Å². The van der Waals surface area contributed by atoms with Crippen molar-refractivity contribution in [3.8, 4) is 11.5 Å². The number of aromatic nitrogens is 1. The molecule has 0 unspecified atom stereocenters. The Labute approximate surface area is 172 Å². The number of halogens is 1. The Morgan fingerprint density at radius 1 is 0.862 bits per heavy atom. The van der Waals surface area contributed by atoms with Crippen LogP contribution in [0.3, 0.4) is 0 Å². The molecule has 0 aliphatic heterocycles. The van der Waals surface area contributed by atoms with E-state index in [0.717, 1.165) is 11.8 Å². The lowest BCUT2D eigenvalue weighted by atomic mass is 10.2. The number of thioether (sulfide) groups is 1. The van der Waals surface area contributed by atoms with Gasteiger partial charge in [-0.2, -0.15) is 4.98 Å². The molecule has 1 heterocycles. The lowest BCUT2D eigenvalue weighted by Crippen LogP contribution is -2.03. The predicted molar refractivity (Wildman–Crippen MR) is 110 cm³/mol. The second-order valence-corrected chi connectivity index (χ2v) is 8.99. The summed E-state index contributed by atoms with van der Waals surface area (Å²) in [7, 11) is -3.89. The normalized spacial score (nSPS) is 11.5. The lowest BCUT2D eigenvalue weighted by Gasteiger charge is -2.04. The molecule has 0 spiro atoms. The summed E-state index contributed by atoms with van der Waals surface area (Å²) in [5, 5.41) is -0.0279. The molecule has 4 rings (SSSR count). The van der Waals surface area contributed by atoms with E-state index in [9.17, 15) is 12.8 Å². The molecule has 0 aliphatic carbocycles. The van der Waals surface area contributed by atoms with Gasteiger partial charge in [-0.3, -0.25) is 0 Å². The number of nitrogens with zero attached hydrogens (tertiary/aromatic N) is 1. The van der Waals surface area contributed by atoms with E-state index in [4.69, 9.17) is 4.42 Å². The number of sulfone groups is 1. The second-order valence-electron chi connectivity index (χ2n) is 6.17. The van der Waals surface area contributed by atoms with Gasteiger partial charge in [0.05, 0.1) is 4.90 Å². The molecule has 1 aromatic heterocycles. The van der Waals surface area contributed by atoms with E-state index in [2.05, 4.69) is 4.98 Å². The van der Waals surface area contributed by atoms with Gasteiger partial charge in [0.2, 0.25) is 25.8 Å². The van der Waals surface area contributed by atoms with Crippen LogP contribution >= 0.6 is 11.8 Å². The lowest BCUT2D eigenvalue weighted by molar-refractivity contribution is 0.470. The van der Waals surface area contributed by atoms with Crippen LogP contribution in [0.1, 0.15) is 5.56 Å². The van der Waals surface area contributed by atoms with Gasteiger partial charge in [-0.25, -0.2) is 12.8 Å². The highest BCUT2D eigenvalue weighted by Crippen LogP contribution is 2.36. The van der Waals surface area contributed by atoms with Crippen molar-refractivity contribution in [2.24, 2.45) is 0 Å². The second kappa shape index (κ2) is 8.23. The van der Waals surface area contributed by atoms with Crippen molar-refractivity contribution in [1.29, 1.82) is 0 Å². The molecule has 3 aromatic carbocycles. The van der Waals surface area contributed by atoms with E-state index in [-0.39, 0.29) is 32.5 Å². The van der Waals surface area contributed by atoms with E-state index in [0.29, 0.717) is 11.1 Å². The van der Waals surface area contributed by atoms with E-state index >= 15 is 0 Å². The third-order valence-electron chi connectivity index (χ3n) is 4.21. The van der Waals surface area contributed by atoms with Crippen LogP contribution < -0.4 is 0 Å². The first-order valence-corrected chi connectivity index (χ1v) is 11.2. The zero-order valence-electron chi connectivity index (χ0n) is 15.2. The molecule has 0 atom stereocenters. The van der Waals surface area contributed by atoms with Crippen molar-refractivity contribution in [3.05, 3.63) is 96.3 Å². The van der Waals surface area contributed by atoms with Gasteiger partial charge >= 0.3 is 0 Å². The molecular formula is C22H16FNO3S2. The maximum Gasteiger partial charge on any atom is 0.228 e. The number of oxazole rings is 1. The SMILES string of the molecule is O=S(=O)(c1ccccc1)c1nc(-c2ccccc2)oc1SCc1ccccc1F. The topological polar surface area (TPSA) is 60.2 Å². The quantitative estimate of drug-likeness (QED) is 0.376. The van der Waals surface area contributed by atoms with Gasteiger partial charge in [-0.1, -0.05) is 66.4 Å². The first-order valence-electron chi connectivity index (χ1n) is 8.78. The molecule has 0 saturated heterocycles. The van der Waals surface area contributed by atoms with Crippen LogP contribution in [0, 0.1) is 5.82 Å². The molecule has 7 heteroatoms. The van der Waals surface area contributed by atoms with E-state index in [1.165, 1.54) is 18.2 Å². The van der Waals surface area contributed by atoms with Crippen LogP contribution in [0.15, 0.2) is 104 Å². The predicted octanol–water partition coefficient (Wildman–Crippen LogP) is 5.61. The average molecular weight is 426 g/mol. The van der Waals surface area contributed by atoms with E-state index < -0.39 is 9.84 Å². The van der Waals surface area contributed by atoms with Crippen molar-refractivity contribution in [1.82, 2.24) is 4.98 Å². The molecule has 0 fully saturated rings. The van der Waals surface area contributed by atoms with Crippen LogP contribution in [0.4, 0.5) is 4.39 Å². The Bertz CT molecular complexity index is 1220. The summed E-state index contributed by atoms with van der Waals surface area (Å²) in [5.74, 6) is 0.0688. The Morgan fingerprint density at radius 3 is 2.17 bits per heavy atom. The standard InChI is InChI=1S/C22H16FNO3S2/c23-19-14-8-7-11-17(19)15-28-22-21(29(25,26)18-12-5-2-6-13-18)24-20(27-22)16-9-3-1-4-10-16/h1-14H,15H2. The molecule has 0 bridgehead atoms. The molecule has 0 amide bonds. The van der Waals surface area contributed by atoms with Crippen molar-refractivity contribution in [3.63, 3.8) is 0 Å². The van der Waals surface area contributed by atoms with Crippen molar-refractivity contribution in [2.75, 3.05) is 0 Å². The minimum absolute atomic E-state index is 0.126. The van der Waals surface area contributed by atoms with Gasteiger partial charge in [0.1, 0.15) is 5.82 Å². The van der Waals surface area contributed by atoms with Gasteiger partial charge < -0.3 is 4.42 Å². The fourth-order valence-electron chi connectivity index (χ4n) is 2.73. The van der Waals surface area contributed by atoms with Crippen molar-refractivity contribution in [2.45, 2.75) is 20.8 Å². The third kappa shape index (κ3) is 4.11. The summed E-state index contributed by atoms with van der Waals surface area (Å²) in [6.07, 6.45) is 0. The third-order valence-corrected chi connectivity index (χ3v) is 7.01. The average Bonchev–Trinajstić information content (AvgIpc) is 3.20. The van der Waals surface area contributed by atoms with Gasteiger partial charge in [0.15, 0.2) is 0 Å². The maximum atomic E-state index is 14.0. The molecular weight excluding hydrogens is 409 g/mol. The highest BCUT2D eigenvalue weighted by molar-refractivity contribution is 7.99. The number of rotatable bonds is 6. The number of benzene rings is 3.